The molecule has 21 heavy (non-hydrogen) atoms. The Labute approximate surface area is 118 Å². The van der Waals surface area contributed by atoms with Crippen molar-refractivity contribution in [3.63, 3.8) is 0 Å². The van der Waals surface area contributed by atoms with Gasteiger partial charge in [-0.25, -0.2) is 4.39 Å². The lowest BCUT2D eigenvalue weighted by molar-refractivity contribution is -0.0498. The zero-order valence-electron chi connectivity index (χ0n) is 10.8. The third kappa shape index (κ3) is 2.84. The lowest BCUT2D eigenvalue weighted by atomic mass is 10.2. The van der Waals surface area contributed by atoms with Crippen molar-refractivity contribution in [1.82, 2.24) is 9.78 Å². The first-order valence-corrected chi connectivity index (χ1v) is 6.27. The van der Waals surface area contributed by atoms with E-state index in [1.54, 1.807) is 30.5 Å². The molecule has 0 saturated carbocycles. The van der Waals surface area contributed by atoms with Gasteiger partial charge in [0.05, 0.1) is 12.7 Å². The second-order valence-electron chi connectivity index (χ2n) is 4.50. The van der Waals surface area contributed by atoms with E-state index in [4.69, 9.17) is 0 Å². The number of alkyl halides is 2. The summed E-state index contributed by atoms with van der Waals surface area (Å²) < 4.78 is 43.8. The van der Waals surface area contributed by atoms with Crippen LogP contribution in [0.25, 0.3) is 10.9 Å². The van der Waals surface area contributed by atoms with Crippen LogP contribution in [0.5, 0.6) is 5.75 Å². The van der Waals surface area contributed by atoms with Gasteiger partial charge in [0.2, 0.25) is 0 Å². The van der Waals surface area contributed by atoms with Gasteiger partial charge in [0, 0.05) is 5.39 Å². The van der Waals surface area contributed by atoms with E-state index in [-0.39, 0.29) is 11.6 Å². The van der Waals surface area contributed by atoms with Gasteiger partial charge in [0.25, 0.3) is 0 Å². The van der Waals surface area contributed by atoms with Crippen LogP contribution in [0.15, 0.2) is 48.7 Å². The number of hydrogen-bond donors (Lipinski definition) is 0. The predicted molar refractivity (Wildman–Crippen MR) is 71.9 cm³/mol. The van der Waals surface area contributed by atoms with Crippen molar-refractivity contribution in [2.75, 3.05) is 0 Å². The number of hydrogen-bond acceptors (Lipinski definition) is 2. The Morgan fingerprint density at radius 3 is 2.57 bits per heavy atom. The summed E-state index contributed by atoms with van der Waals surface area (Å²) in [4.78, 5) is 0. The summed E-state index contributed by atoms with van der Waals surface area (Å²) >= 11 is 0. The van der Waals surface area contributed by atoms with E-state index in [1.807, 2.05) is 0 Å². The molecule has 0 radical (unpaired) electrons. The van der Waals surface area contributed by atoms with Gasteiger partial charge in [0.1, 0.15) is 17.1 Å². The second-order valence-corrected chi connectivity index (χ2v) is 4.50. The number of aromatic nitrogens is 2. The van der Waals surface area contributed by atoms with E-state index >= 15 is 0 Å². The van der Waals surface area contributed by atoms with Crippen LogP contribution >= 0.6 is 0 Å². The monoisotopic (exact) mass is 292 g/mol. The maximum atomic E-state index is 13.8. The lowest BCUT2D eigenvalue weighted by Gasteiger charge is -2.07. The number of rotatable bonds is 4. The molecule has 0 spiro atoms. The van der Waals surface area contributed by atoms with Gasteiger partial charge in [0.15, 0.2) is 0 Å². The number of para-hydroxylation sites is 1. The molecule has 1 aromatic heterocycles. The molecule has 6 heteroatoms. The van der Waals surface area contributed by atoms with Crippen LogP contribution < -0.4 is 4.74 Å². The van der Waals surface area contributed by atoms with Crippen LogP contribution in [0, 0.1) is 5.82 Å². The van der Waals surface area contributed by atoms with Crippen LogP contribution in [-0.2, 0) is 6.54 Å². The molecular formula is C15H11F3N2O. The molecule has 0 unspecified atom stereocenters. The summed E-state index contributed by atoms with van der Waals surface area (Å²) in [5, 5.41) is 4.86. The number of halogens is 3. The molecule has 0 aliphatic rings. The normalized spacial score (nSPS) is 11.2. The molecule has 3 rings (SSSR count). The highest BCUT2D eigenvalue weighted by Gasteiger charge is 2.09. The summed E-state index contributed by atoms with van der Waals surface area (Å²) in [6.45, 7) is -2.50. The Bertz CT molecular complexity index is 753. The molecule has 108 valence electrons. The summed E-state index contributed by atoms with van der Waals surface area (Å²) in [7, 11) is 0. The van der Waals surface area contributed by atoms with E-state index in [2.05, 4.69) is 9.84 Å². The minimum atomic E-state index is -2.85. The average molecular weight is 292 g/mol. The second kappa shape index (κ2) is 5.47. The van der Waals surface area contributed by atoms with Gasteiger partial charge >= 0.3 is 6.61 Å². The quantitative estimate of drug-likeness (QED) is 0.731. The molecule has 2 aromatic carbocycles. The zero-order valence-corrected chi connectivity index (χ0v) is 10.8. The van der Waals surface area contributed by atoms with Gasteiger partial charge in [-0.2, -0.15) is 13.9 Å². The van der Waals surface area contributed by atoms with Crippen molar-refractivity contribution in [2.45, 2.75) is 13.2 Å². The molecule has 0 atom stereocenters. The van der Waals surface area contributed by atoms with E-state index < -0.39 is 6.61 Å². The van der Waals surface area contributed by atoms with Gasteiger partial charge in [-0.3, -0.25) is 4.68 Å². The minimum Gasteiger partial charge on any atom is -0.435 e. The zero-order chi connectivity index (χ0) is 14.8. The fraction of sp³-hybridized carbons (Fsp3) is 0.133. The van der Waals surface area contributed by atoms with Crippen molar-refractivity contribution in [1.29, 1.82) is 0 Å². The van der Waals surface area contributed by atoms with E-state index in [9.17, 15) is 13.2 Å². The summed E-state index contributed by atoms with van der Waals surface area (Å²) in [5.41, 5.74) is 1.23. The Balaban J connectivity index is 1.85. The van der Waals surface area contributed by atoms with Crippen molar-refractivity contribution >= 4 is 10.9 Å². The van der Waals surface area contributed by atoms with E-state index in [0.717, 1.165) is 5.56 Å². The highest BCUT2D eigenvalue weighted by molar-refractivity contribution is 5.79. The summed E-state index contributed by atoms with van der Waals surface area (Å²) in [5.74, 6) is -0.257. The molecule has 0 saturated heterocycles. The van der Waals surface area contributed by atoms with Crippen molar-refractivity contribution in [2.24, 2.45) is 0 Å². The standard InChI is InChI=1S/C15H11F3N2O/c16-13-3-1-2-11-8-19-20(14(11)13)9-10-4-6-12(7-5-10)21-15(17)18/h1-8,15H,9H2. The smallest absolute Gasteiger partial charge is 0.387 e. The SMILES string of the molecule is Fc1cccc2cnn(Cc3ccc(OC(F)F)cc3)c12. The molecule has 0 fully saturated rings. The highest BCUT2D eigenvalue weighted by atomic mass is 19.3. The van der Waals surface area contributed by atoms with Crippen molar-refractivity contribution in [3.05, 3.63) is 60.0 Å². The third-order valence-corrected chi connectivity index (χ3v) is 3.09. The van der Waals surface area contributed by atoms with Gasteiger partial charge in [-0.05, 0) is 23.8 Å². The molecule has 0 amide bonds. The fourth-order valence-electron chi connectivity index (χ4n) is 2.17. The Morgan fingerprint density at radius 2 is 1.86 bits per heavy atom. The van der Waals surface area contributed by atoms with Crippen LogP contribution in [0.1, 0.15) is 5.56 Å². The first-order valence-electron chi connectivity index (χ1n) is 6.27. The van der Waals surface area contributed by atoms with Crippen molar-refractivity contribution in [3.8, 4) is 5.75 Å². The molecule has 3 aromatic rings. The average Bonchev–Trinajstić information content (AvgIpc) is 2.85. The predicted octanol–water partition coefficient (Wildman–Crippen LogP) is 3.83. The summed E-state index contributed by atoms with van der Waals surface area (Å²) in [6.07, 6.45) is 1.59. The van der Waals surface area contributed by atoms with E-state index in [1.165, 1.54) is 22.9 Å². The maximum Gasteiger partial charge on any atom is 0.387 e. The van der Waals surface area contributed by atoms with Gasteiger partial charge < -0.3 is 4.74 Å². The number of fused-ring (bicyclic) bond motifs is 1. The molecule has 0 bridgehead atoms. The Morgan fingerprint density at radius 1 is 1.10 bits per heavy atom. The summed E-state index contributed by atoms with van der Waals surface area (Å²) in [6, 6.07) is 11.0. The molecule has 0 aliphatic carbocycles. The Kier molecular flexibility index (Phi) is 3.51. The first kappa shape index (κ1) is 13.5. The van der Waals surface area contributed by atoms with E-state index in [0.29, 0.717) is 17.4 Å². The maximum absolute atomic E-state index is 13.8. The number of benzene rings is 2. The Hall–Kier alpha value is -2.50. The molecule has 0 N–H and O–H groups in total. The van der Waals surface area contributed by atoms with Crippen LogP contribution in [-0.4, -0.2) is 16.4 Å². The molecular weight excluding hydrogens is 281 g/mol. The fourth-order valence-corrected chi connectivity index (χ4v) is 2.17. The lowest BCUT2D eigenvalue weighted by Crippen LogP contribution is -2.04. The van der Waals surface area contributed by atoms with Crippen LogP contribution in [0.2, 0.25) is 0 Å². The third-order valence-electron chi connectivity index (χ3n) is 3.09. The molecule has 0 aliphatic heterocycles. The van der Waals surface area contributed by atoms with Crippen molar-refractivity contribution < 1.29 is 17.9 Å². The number of ether oxygens (including phenoxy) is 1. The van der Waals surface area contributed by atoms with Gasteiger partial charge in [-0.15, -0.1) is 0 Å². The highest BCUT2D eigenvalue weighted by Crippen LogP contribution is 2.20. The largest absolute Gasteiger partial charge is 0.435 e. The first-order chi connectivity index (χ1) is 10.1. The molecule has 3 nitrogen and oxygen atoms in total. The van der Waals surface area contributed by atoms with Crippen LogP contribution in [0.4, 0.5) is 13.2 Å². The topological polar surface area (TPSA) is 27.1 Å². The number of nitrogens with zero attached hydrogens (tertiary/aromatic N) is 2. The van der Waals surface area contributed by atoms with Crippen LogP contribution in [0.3, 0.4) is 0 Å². The minimum absolute atomic E-state index is 0.0882. The van der Waals surface area contributed by atoms with Gasteiger partial charge in [-0.1, -0.05) is 24.3 Å². The molecule has 1 heterocycles.